The zero-order chi connectivity index (χ0) is 15.5. The van der Waals surface area contributed by atoms with E-state index in [0.29, 0.717) is 21.6 Å². The molecule has 1 aliphatic heterocycles. The van der Waals surface area contributed by atoms with Gasteiger partial charge in [-0.05, 0) is 24.6 Å². The van der Waals surface area contributed by atoms with E-state index in [0.717, 1.165) is 30.0 Å². The summed E-state index contributed by atoms with van der Waals surface area (Å²) in [4.78, 5) is 17.4. The van der Waals surface area contributed by atoms with Crippen molar-refractivity contribution in [3.63, 3.8) is 0 Å². The molecule has 0 aliphatic carbocycles. The predicted molar refractivity (Wildman–Crippen MR) is 91.0 cm³/mol. The first-order chi connectivity index (χ1) is 10.6. The molecular formula is C15H15Cl2N3OS. The van der Waals surface area contributed by atoms with Gasteiger partial charge < -0.3 is 10.6 Å². The van der Waals surface area contributed by atoms with Crippen LogP contribution in [-0.2, 0) is 11.2 Å². The summed E-state index contributed by atoms with van der Waals surface area (Å²) in [7, 11) is 0. The van der Waals surface area contributed by atoms with Gasteiger partial charge in [-0.2, -0.15) is 0 Å². The van der Waals surface area contributed by atoms with Gasteiger partial charge in [-0.3, -0.25) is 4.79 Å². The van der Waals surface area contributed by atoms with Crippen LogP contribution in [0, 0.1) is 5.92 Å². The summed E-state index contributed by atoms with van der Waals surface area (Å²) in [5, 5.41) is 7.82. The fourth-order valence-corrected chi connectivity index (χ4v) is 3.63. The maximum atomic E-state index is 12.1. The Morgan fingerprint density at radius 2 is 2.32 bits per heavy atom. The summed E-state index contributed by atoms with van der Waals surface area (Å²) in [5.74, 6) is 0.0708. The van der Waals surface area contributed by atoms with Gasteiger partial charge in [0.25, 0.3) is 0 Å². The number of amides is 1. The number of carbonyl (C=O) groups excluding carboxylic acids is 1. The van der Waals surface area contributed by atoms with E-state index >= 15 is 0 Å². The molecule has 4 nitrogen and oxygen atoms in total. The van der Waals surface area contributed by atoms with Crippen molar-refractivity contribution in [3.05, 3.63) is 44.9 Å². The van der Waals surface area contributed by atoms with E-state index in [1.165, 1.54) is 11.3 Å². The molecule has 22 heavy (non-hydrogen) atoms. The van der Waals surface area contributed by atoms with Crippen LogP contribution in [0.25, 0.3) is 0 Å². The maximum Gasteiger partial charge on any atom is 0.230 e. The Labute approximate surface area is 142 Å². The highest BCUT2D eigenvalue weighted by Crippen LogP contribution is 2.29. The summed E-state index contributed by atoms with van der Waals surface area (Å²) in [5.41, 5.74) is 0.954. The first kappa shape index (κ1) is 15.7. The summed E-state index contributed by atoms with van der Waals surface area (Å²) in [6.07, 6.45) is 3.30. The molecule has 1 aliphatic rings. The number of benzene rings is 1. The molecule has 1 unspecified atom stereocenters. The Kier molecular flexibility index (Phi) is 4.98. The summed E-state index contributed by atoms with van der Waals surface area (Å²) < 4.78 is 0. The Morgan fingerprint density at radius 3 is 3.09 bits per heavy atom. The van der Waals surface area contributed by atoms with Crippen LogP contribution >= 0.6 is 34.5 Å². The number of nitrogens with zero attached hydrogens (tertiary/aromatic N) is 1. The Morgan fingerprint density at radius 1 is 1.45 bits per heavy atom. The topological polar surface area (TPSA) is 54.0 Å². The van der Waals surface area contributed by atoms with Gasteiger partial charge in [0.2, 0.25) is 5.91 Å². The first-order valence-electron chi connectivity index (χ1n) is 7.02. The lowest BCUT2D eigenvalue weighted by atomic mass is 10.1. The van der Waals surface area contributed by atoms with Crippen molar-refractivity contribution in [1.29, 1.82) is 0 Å². The van der Waals surface area contributed by atoms with Gasteiger partial charge in [0.15, 0.2) is 5.13 Å². The lowest BCUT2D eigenvalue weighted by molar-refractivity contribution is -0.119. The molecule has 0 spiro atoms. The minimum absolute atomic E-state index is 0.0340. The van der Waals surface area contributed by atoms with Crippen LogP contribution in [0.2, 0.25) is 10.0 Å². The quantitative estimate of drug-likeness (QED) is 0.880. The number of hydrogen-bond donors (Lipinski definition) is 2. The molecule has 1 aromatic heterocycles. The molecule has 1 amide bonds. The fourth-order valence-electron chi connectivity index (χ4n) is 2.41. The minimum atomic E-state index is 0.0340. The van der Waals surface area contributed by atoms with Crippen molar-refractivity contribution >= 4 is 45.6 Å². The van der Waals surface area contributed by atoms with E-state index < -0.39 is 0 Å². The fraction of sp³-hybridized carbons (Fsp3) is 0.333. The predicted octanol–water partition coefficient (Wildman–Crippen LogP) is 3.59. The molecular weight excluding hydrogens is 341 g/mol. The standard InChI is InChI=1S/C15H15Cl2N3OS/c16-12-3-1-2-9(13(12)17)6-11-8-19-15(22-11)20-14(21)10-4-5-18-7-10/h1-3,8,10,18H,4-7H2,(H,19,20,21). The van der Waals surface area contributed by atoms with Gasteiger partial charge in [0, 0.05) is 24.0 Å². The third-order valence-corrected chi connectivity index (χ3v) is 5.38. The molecule has 3 rings (SSSR count). The van der Waals surface area contributed by atoms with Crippen LogP contribution in [0.5, 0.6) is 0 Å². The van der Waals surface area contributed by atoms with Gasteiger partial charge in [0.05, 0.1) is 16.0 Å². The largest absolute Gasteiger partial charge is 0.316 e. The molecule has 0 saturated carbocycles. The molecule has 7 heteroatoms. The third kappa shape index (κ3) is 3.60. The number of anilines is 1. The zero-order valence-corrected chi connectivity index (χ0v) is 14.1. The van der Waals surface area contributed by atoms with Gasteiger partial charge in [0.1, 0.15) is 0 Å². The van der Waals surface area contributed by atoms with Crippen LogP contribution in [0.15, 0.2) is 24.4 Å². The number of rotatable bonds is 4. The van der Waals surface area contributed by atoms with E-state index in [1.54, 1.807) is 12.3 Å². The number of aromatic nitrogens is 1. The third-order valence-electron chi connectivity index (χ3n) is 3.61. The minimum Gasteiger partial charge on any atom is -0.316 e. The van der Waals surface area contributed by atoms with Crippen molar-refractivity contribution in [2.45, 2.75) is 12.8 Å². The van der Waals surface area contributed by atoms with E-state index in [1.807, 2.05) is 12.1 Å². The van der Waals surface area contributed by atoms with E-state index in [2.05, 4.69) is 15.6 Å². The zero-order valence-electron chi connectivity index (χ0n) is 11.7. The van der Waals surface area contributed by atoms with E-state index in [9.17, 15) is 4.79 Å². The molecule has 1 saturated heterocycles. The van der Waals surface area contributed by atoms with E-state index in [-0.39, 0.29) is 11.8 Å². The highest BCUT2D eigenvalue weighted by molar-refractivity contribution is 7.15. The molecule has 2 aromatic rings. The first-order valence-corrected chi connectivity index (χ1v) is 8.60. The second-order valence-corrected chi connectivity index (χ2v) is 7.10. The Hall–Kier alpha value is -1.14. The lowest BCUT2D eigenvalue weighted by Crippen LogP contribution is -2.24. The second-order valence-electron chi connectivity index (χ2n) is 5.20. The van der Waals surface area contributed by atoms with Crippen molar-refractivity contribution in [2.24, 2.45) is 5.92 Å². The van der Waals surface area contributed by atoms with Crippen molar-refractivity contribution < 1.29 is 4.79 Å². The number of halogens is 2. The number of thiazole rings is 1. The molecule has 2 heterocycles. The monoisotopic (exact) mass is 355 g/mol. The number of carbonyl (C=O) groups is 1. The number of hydrogen-bond acceptors (Lipinski definition) is 4. The lowest BCUT2D eigenvalue weighted by Gasteiger charge is -2.06. The normalized spacial score (nSPS) is 17.6. The molecule has 0 radical (unpaired) electrons. The van der Waals surface area contributed by atoms with Gasteiger partial charge >= 0.3 is 0 Å². The second kappa shape index (κ2) is 6.96. The van der Waals surface area contributed by atoms with Crippen molar-refractivity contribution in [1.82, 2.24) is 10.3 Å². The van der Waals surface area contributed by atoms with Crippen molar-refractivity contribution in [3.8, 4) is 0 Å². The van der Waals surface area contributed by atoms with Gasteiger partial charge in [-0.25, -0.2) is 4.98 Å². The van der Waals surface area contributed by atoms with Crippen molar-refractivity contribution in [2.75, 3.05) is 18.4 Å². The van der Waals surface area contributed by atoms with Crippen LogP contribution in [0.3, 0.4) is 0 Å². The SMILES string of the molecule is O=C(Nc1ncc(Cc2cccc(Cl)c2Cl)s1)C1CCNC1. The average molecular weight is 356 g/mol. The summed E-state index contributed by atoms with van der Waals surface area (Å²) in [6, 6.07) is 5.58. The maximum absolute atomic E-state index is 12.1. The molecule has 0 bridgehead atoms. The average Bonchev–Trinajstić information content (AvgIpc) is 3.15. The number of nitrogens with one attached hydrogen (secondary N) is 2. The van der Waals surface area contributed by atoms with Crippen LogP contribution in [-0.4, -0.2) is 24.0 Å². The van der Waals surface area contributed by atoms with Gasteiger partial charge in [-0.1, -0.05) is 35.3 Å². The molecule has 1 aromatic carbocycles. The highest BCUT2D eigenvalue weighted by Gasteiger charge is 2.23. The van der Waals surface area contributed by atoms with E-state index in [4.69, 9.17) is 23.2 Å². The smallest absolute Gasteiger partial charge is 0.230 e. The summed E-state index contributed by atoms with van der Waals surface area (Å²) >= 11 is 13.7. The van der Waals surface area contributed by atoms with Crippen LogP contribution in [0.4, 0.5) is 5.13 Å². The molecule has 1 atom stereocenters. The molecule has 2 N–H and O–H groups in total. The van der Waals surface area contributed by atoms with Crippen LogP contribution < -0.4 is 10.6 Å². The molecule has 116 valence electrons. The molecule has 1 fully saturated rings. The Bertz CT molecular complexity index is 683. The Balaban J connectivity index is 1.66. The highest BCUT2D eigenvalue weighted by atomic mass is 35.5. The van der Waals surface area contributed by atoms with Gasteiger partial charge in [-0.15, -0.1) is 11.3 Å². The summed E-state index contributed by atoms with van der Waals surface area (Å²) in [6.45, 7) is 1.64. The van der Waals surface area contributed by atoms with Crippen LogP contribution in [0.1, 0.15) is 16.9 Å².